The van der Waals surface area contributed by atoms with Crippen LogP contribution in [0.4, 0.5) is 9.59 Å². The molecule has 10 heteroatoms. The van der Waals surface area contributed by atoms with E-state index in [9.17, 15) is 19.5 Å². The van der Waals surface area contributed by atoms with Crippen molar-refractivity contribution in [3.8, 4) is 5.75 Å². The molecule has 1 aromatic heterocycles. The lowest BCUT2D eigenvalue weighted by Crippen LogP contribution is -2.44. The number of halogens is 1. The van der Waals surface area contributed by atoms with Crippen LogP contribution in [0.2, 0.25) is 0 Å². The van der Waals surface area contributed by atoms with Gasteiger partial charge in [-0.2, -0.15) is 0 Å². The van der Waals surface area contributed by atoms with E-state index in [1.807, 2.05) is 0 Å². The van der Waals surface area contributed by atoms with Gasteiger partial charge in [0.05, 0.1) is 0 Å². The zero-order valence-electron chi connectivity index (χ0n) is 16.7. The Labute approximate surface area is 171 Å². The number of rotatable bonds is 5. The summed E-state index contributed by atoms with van der Waals surface area (Å²) >= 11 is 3.18. The largest absolute Gasteiger partial charge is 0.514 e. The highest BCUT2D eigenvalue weighted by atomic mass is 79.9. The maximum Gasteiger partial charge on any atom is 0.514 e. The van der Waals surface area contributed by atoms with E-state index in [1.165, 1.54) is 12.1 Å². The summed E-state index contributed by atoms with van der Waals surface area (Å²) in [6.07, 6.45) is -1.92. The Hall–Kier alpha value is -2.36. The number of hydrogen-bond donors (Lipinski definition) is 2. The molecule has 0 fully saturated rings. The molecular weight excluding hydrogens is 436 g/mol. The molecule has 1 atom stereocenters. The number of nitrogens with zero attached hydrogens (tertiary/aromatic N) is 1. The van der Waals surface area contributed by atoms with Gasteiger partial charge >= 0.3 is 18.2 Å². The van der Waals surface area contributed by atoms with Crippen LogP contribution >= 0.6 is 15.9 Å². The number of pyridine rings is 1. The van der Waals surface area contributed by atoms with Gasteiger partial charge in [-0.25, -0.2) is 19.4 Å². The molecule has 1 rings (SSSR count). The first-order valence-corrected chi connectivity index (χ1v) is 9.23. The highest BCUT2D eigenvalue weighted by Gasteiger charge is 2.25. The summed E-state index contributed by atoms with van der Waals surface area (Å²) in [7, 11) is 0. The third-order valence-electron chi connectivity index (χ3n) is 2.81. The second kappa shape index (κ2) is 9.22. The Morgan fingerprint density at radius 1 is 1.11 bits per heavy atom. The average Bonchev–Trinajstić information content (AvgIpc) is 2.41. The van der Waals surface area contributed by atoms with E-state index >= 15 is 0 Å². The summed E-state index contributed by atoms with van der Waals surface area (Å²) < 4.78 is 15.6. The number of carbonyl (C=O) groups is 3. The maximum atomic E-state index is 11.9. The number of nitrogens with one attached hydrogen (secondary N) is 1. The molecule has 9 nitrogen and oxygen atoms in total. The number of amides is 1. The topological polar surface area (TPSA) is 124 Å². The smallest absolute Gasteiger partial charge is 0.480 e. The van der Waals surface area contributed by atoms with Crippen LogP contribution in [-0.2, 0) is 20.7 Å². The fourth-order valence-corrected chi connectivity index (χ4v) is 2.37. The summed E-state index contributed by atoms with van der Waals surface area (Å²) in [5.41, 5.74) is -1.22. The van der Waals surface area contributed by atoms with Crippen molar-refractivity contribution in [3.05, 3.63) is 22.4 Å². The standard InChI is InChI=1S/C18H25BrN2O7/c1-17(2,3)27-15(24)21-12(14(22)23)8-10-7-11(9-13(19)20-10)26-16(25)28-18(4,5)6/h7,9,12H,8H2,1-6H3,(H,21,24)(H,22,23)/t12-/m0/s1. The fourth-order valence-electron chi connectivity index (χ4n) is 1.91. The van der Waals surface area contributed by atoms with Gasteiger partial charge < -0.3 is 24.6 Å². The number of ether oxygens (including phenoxy) is 3. The Morgan fingerprint density at radius 3 is 2.18 bits per heavy atom. The van der Waals surface area contributed by atoms with E-state index in [-0.39, 0.29) is 17.9 Å². The predicted octanol–water partition coefficient (Wildman–Crippen LogP) is 3.68. The van der Waals surface area contributed by atoms with Crippen LogP contribution in [0, 0.1) is 0 Å². The molecular formula is C18H25BrN2O7. The molecule has 0 radical (unpaired) electrons. The van der Waals surface area contributed by atoms with Crippen molar-refractivity contribution in [2.24, 2.45) is 0 Å². The molecule has 0 aliphatic carbocycles. The quantitative estimate of drug-likeness (QED) is 0.503. The zero-order valence-corrected chi connectivity index (χ0v) is 18.2. The summed E-state index contributed by atoms with van der Waals surface area (Å²) in [6.45, 7) is 10.1. The van der Waals surface area contributed by atoms with E-state index in [4.69, 9.17) is 14.2 Å². The van der Waals surface area contributed by atoms with Crippen molar-refractivity contribution in [1.29, 1.82) is 0 Å². The van der Waals surface area contributed by atoms with Crippen molar-refractivity contribution in [1.82, 2.24) is 10.3 Å². The molecule has 1 heterocycles. The van der Waals surface area contributed by atoms with E-state index in [1.54, 1.807) is 41.5 Å². The number of carbonyl (C=O) groups excluding carboxylic acids is 2. The predicted molar refractivity (Wildman–Crippen MR) is 103 cm³/mol. The lowest BCUT2D eigenvalue weighted by Gasteiger charge is -2.22. The first-order valence-electron chi connectivity index (χ1n) is 8.44. The van der Waals surface area contributed by atoms with E-state index in [0.29, 0.717) is 4.60 Å². The van der Waals surface area contributed by atoms with Crippen molar-refractivity contribution < 1.29 is 33.7 Å². The van der Waals surface area contributed by atoms with Gasteiger partial charge in [-0.05, 0) is 57.5 Å². The Bertz CT molecular complexity index is 738. The van der Waals surface area contributed by atoms with Gasteiger partial charge in [0.2, 0.25) is 0 Å². The molecule has 0 unspecified atom stereocenters. The van der Waals surface area contributed by atoms with E-state index < -0.39 is 35.5 Å². The van der Waals surface area contributed by atoms with Crippen LogP contribution in [0.5, 0.6) is 5.75 Å². The number of carboxylic acid groups (broad SMARTS) is 1. The number of aromatic nitrogens is 1. The Balaban J connectivity index is 2.90. The molecule has 0 saturated heterocycles. The van der Waals surface area contributed by atoms with Crippen LogP contribution in [0.25, 0.3) is 0 Å². The van der Waals surface area contributed by atoms with Gasteiger partial charge in [0.1, 0.15) is 27.6 Å². The van der Waals surface area contributed by atoms with Crippen LogP contribution in [0.1, 0.15) is 47.2 Å². The molecule has 0 spiro atoms. The average molecular weight is 461 g/mol. The minimum atomic E-state index is -1.29. The normalized spacial score (nSPS) is 12.7. The summed E-state index contributed by atoms with van der Waals surface area (Å²) in [6, 6.07) is 1.54. The summed E-state index contributed by atoms with van der Waals surface area (Å²) in [5, 5.41) is 11.7. The monoisotopic (exact) mass is 460 g/mol. The van der Waals surface area contributed by atoms with Crippen LogP contribution in [0.3, 0.4) is 0 Å². The number of alkyl carbamates (subject to hydrolysis) is 1. The van der Waals surface area contributed by atoms with Crippen LogP contribution < -0.4 is 10.1 Å². The lowest BCUT2D eigenvalue weighted by atomic mass is 10.1. The van der Waals surface area contributed by atoms with Crippen LogP contribution in [0.15, 0.2) is 16.7 Å². The summed E-state index contributed by atoms with van der Waals surface area (Å²) in [5.74, 6) is -1.14. The van der Waals surface area contributed by atoms with Crippen molar-refractivity contribution in [3.63, 3.8) is 0 Å². The maximum absolute atomic E-state index is 11.9. The van der Waals surface area contributed by atoms with Gasteiger partial charge in [0.15, 0.2) is 0 Å². The molecule has 0 aromatic carbocycles. The Morgan fingerprint density at radius 2 is 1.68 bits per heavy atom. The molecule has 2 N–H and O–H groups in total. The van der Waals surface area contributed by atoms with Gasteiger partial charge in [0, 0.05) is 24.2 Å². The third-order valence-corrected chi connectivity index (χ3v) is 3.22. The summed E-state index contributed by atoms with van der Waals surface area (Å²) in [4.78, 5) is 39.3. The van der Waals surface area contributed by atoms with Crippen LogP contribution in [-0.4, -0.2) is 45.6 Å². The van der Waals surface area contributed by atoms with Crippen molar-refractivity contribution in [2.45, 2.75) is 65.2 Å². The lowest BCUT2D eigenvalue weighted by molar-refractivity contribution is -0.139. The van der Waals surface area contributed by atoms with Gasteiger partial charge in [0.25, 0.3) is 0 Å². The molecule has 0 aliphatic heterocycles. The van der Waals surface area contributed by atoms with Crippen molar-refractivity contribution in [2.75, 3.05) is 0 Å². The van der Waals surface area contributed by atoms with Crippen molar-refractivity contribution >= 4 is 34.1 Å². The number of carboxylic acids is 1. The number of aliphatic carboxylic acids is 1. The molecule has 1 aromatic rings. The number of hydrogen-bond acceptors (Lipinski definition) is 7. The first-order chi connectivity index (χ1) is 12.6. The Kier molecular flexibility index (Phi) is 7.80. The van der Waals surface area contributed by atoms with E-state index in [2.05, 4.69) is 26.2 Å². The SMILES string of the molecule is CC(C)(C)OC(=O)N[C@@H](Cc1cc(OC(=O)OC(C)(C)C)cc(Br)n1)C(=O)O. The van der Waals surface area contributed by atoms with Gasteiger partial charge in [-0.15, -0.1) is 0 Å². The molecule has 0 saturated carbocycles. The minimum Gasteiger partial charge on any atom is -0.480 e. The molecule has 0 bridgehead atoms. The molecule has 156 valence electrons. The molecule has 28 heavy (non-hydrogen) atoms. The third kappa shape index (κ3) is 9.54. The highest BCUT2D eigenvalue weighted by Crippen LogP contribution is 2.21. The fraction of sp³-hybridized carbons (Fsp3) is 0.556. The zero-order chi connectivity index (χ0) is 21.7. The first kappa shape index (κ1) is 23.7. The van der Waals surface area contributed by atoms with Gasteiger partial charge in [-0.3, -0.25) is 0 Å². The minimum absolute atomic E-state index is 0.118. The second-order valence-corrected chi connectivity index (χ2v) is 8.74. The second-order valence-electron chi connectivity index (χ2n) is 7.92. The molecule has 0 aliphatic rings. The highest BCUT2D eigenvalue weighted by molar-refractivity contribution is 9.10. The van der Waals surface area contributed by atoms with Gasteiger partial charge in [-0.1, -0.05) is 0 Å². The van der Waals surface area contributed by atoms with E-state index in [0.717, 1.165) is 0 Å². The molecule has 1 amide bonds.